The van der Waals surface area contributed by atoms with E-state index in [2.05, 4.69) is 21.0 Å². The first kappa shape index (κ1) is 14.0. The molecule has 19 heavy (non-hydrogen) atoms. The molecule has 0 saturated carbocycles. The Hall–Kier alpha value is -1.47. The summed E-state index contributed by atoms with van der Waals surface area (Å²) in [6.45, 7) is 0. The van der Waals surface area contributed by atoms with E-state index < -0.39 is 16.8 Å². The minimum Gasteiger partial charge on any atom is -0.478 e. The molecule has 0 fully saturated rings. The highest BCUT2D eigenvalue weighted by atomic mass is 79.9. The molecule has 100 valence electrons. The van der Waals surface area contributed by atoms with E-state index in [1.165, 1.54) is 10.9 Å². The van der Waals surface area contributed by atoms with Gasteiger partial charge < -0.3 is 5.11 Å². The summed E-state index contributed by atoms with van der Waals surface area (Å²) < 4.78 is 14.6. The Morgan fingerprint density at radius 3 is 2.63 bits per heavy atom. The SMILES string of the molecule is Cn1ncc(C(=O)O)c1CS(=O)c1ccc(Br)cc1. The van der Waals surface area contributed by atoms with Crippen molar-refractivity contribution in [1.29, 1.82) is 0 Å². The van der Waals surface area contributed by atoms with E-state index in [9.17, 15) is 9.00 Å². The van der Waals surface area contributed by atoms with Crippen molar-refractivity contribution in [2.24, 2.45) is 7.05 Å². The fourth-order valence-electron chi connectivity index (χ4n) is 1.61. The van der Waals surface area contributed by atoms with Gasteiger partial charge in [-0.25, -0.2) is 4.79 Å². The first-order valence-electron chi connectivity index (χ1n) is 5.37. The smallest absolute Gasteiger partial charge is 0.339 e. The molecule has 2 rings (SSSR count). The number of rotatable bonds is 4. The lowest BCUT2D eigenvalue weighted by molar-refractivity contribution is 0.0696. The number of carboxylic acid groups (broad SMARTS) is 1. The molecule has 5 nitrogen and oxygen atoms in total. The summed E-state index contributed by atoms with van der Waals surface area (Å²) in [6.07, 6.45) is 1.27. The standard InChI is InChI=1S/C12H11BrN2O3S/c1-15-11(10(6-14-15)12(16)17)7-19(18)9-4-2-8(13)3-5-9/h2-6H,7H2,1H3,(H,16,17). The Kier molecular flexibility index (Phi) is 4.16. The van der Waals surface area contributed by atoms with Crippen molar-refractivity contribution >= 4 is 32.7 Å². The van der Waals surface area contributed by atoms with Crippen molar-refractivity contribution in [2.75, 3.05) is 0 Å². The molecular formula is C12H11BrN2O3S. The van der Waals surface area contributed by atoms with E-state index in [1.807, 2.05) is 0 Å². The Labute approximate surface area is 120 Å². The molecule has 0 radical (unpaired) electrons. The maximum atomic E-state index is 12.2. The molecule has 2 aromatic rings. The lowest BCUT2D eigenvalue weighted by Gasteiger charge is -2.05. The normalized spacial score (nSPS) is 12.3. The van der Waals surface area contributed by atoms with E-state index in [4.69, 9.17) is 5.11 Å². The summed E-state index contributed by atoms with van der Waals surface area (Å²) in [6, 6.07) is 7.09. The van der Waals surface area contributed by atoms with Gasteiger partial charge in [-0.2, -0.15) is 5.10 Å². The molecule has 0 aliphatic rings. The van der Waals surface area contributed by atoms with Gasteiger partial charge in [0.05, 0.1) is 28.4 Å². The number of halogens is 1. The van der Waals surface area contributed by atoms with Gasteiger partial charge in [0.1, 0.15) is 5.56 Å². The van der Waals surface area contributed by atoms with Crippen molar-refractivity contribution in [3.63, 3.8) is 0 Å². The number of carbonyl (C=O) groups is 1. The molecule has 1 atom stereocenters. The van der Waals surface area contributed by atoms with Gasteiger partial charge >= 0.3 is 5.97 Å². The Bertz CT molecular complexity index is 637. The number of hydrogen-bond acceptors (Lipinski definition) is 3. The summed E-state index contributed by atoms with van der Waals surface area (Å²) >= 11 is 3.31. The molecule has 0 aliphatic carbocycles. The van der Waals surface area contributed by atoms with Gasteiger partial charge in [0, 0.05) is 16.4 Å². The highest BCUT2D eigenvalue weighted by Gasteiger charge is 2.17. The highest BCUT2D eigenvalue weighted by molar-refractivity contribution is 9.10. The summed E-state index contributed by atoms with van der Waals surface area (Å²) in [7, 11) is 0.336. The maximum Gasteiger partial charge on any atom is 0.339 e. The minimum atomic E-state index is -1.30. The first-order valence-corrected chi connectivity index (χ1v) is 7.48. The quantitative estimate of drug-likeness (QED) is 0.924. The molecular weight excluding hydrogens is 332 g/mol. The summed E-state index contributed by atoms with van der Waals surface area (Å²) in [5, 5.41) is 12.9. The van der Waals surface area contributed by atoms with Crippen LogP contribution in [0, 0.1) is 0 Å². The number of nitrogens with zero attached hydrogens (tertiary/aromatic N) is 2. The fraction of sp³-hybridized carbons (Fsp3) is 0.167. The third-order valence-electron chi connectivity index (χ3n) is 2.64. The minimum absolute atomic E-state index is 0.0907. The number of carboxylic acids is 1. The van der Waals surface area contributed by atoms with Crippen LogP contribution in [0.4, 0.5) is 0 Å². The van der Waals surface area contributed by atoms with Crippen molar-refractivity contribution in [3.8, 4) is 0 Å². The van der Waals surface area contributed by atoms with Crippen LogP contribution in [0.1, 0.15) is 16.1 Å². The predicted molar refractivity (Wildman–Crippen MR) is 74.4 cm³/mol. The van der Waals surface area contributed by atoms with Gasteiger partial charge in [0.15, 0.2) is 0 Å². The molecule has 1 aromatic heterocycles. The second-order valence-electron chi connectivity index (χ2n) is 3.88. The largest absolute Gasteiger partial charge is 0.478 e. The zero-order valence-electron chi connectivity index (χ0n) is 10.0. The van der Waals surface area contributed by atoms with Crippen molar-refractivity contribution < 1.29 is 14.1 Å². The molecule has 1 aromatic carbocycles. The summed E-state index contributed by atoms with van der Waals surface area (Å²) in [5.41, 5.74) is 0.543. The molecule has 0 spiro atoms. The Balaban J connectivity index is 2.26. The van der Waals surface area contributed by atoms with Crippen LogP contribution < -0.4 is 0 Å². The predicted octanol–water partition coefficient (Wildman–Crippen LogP) is 2.19. The third kappa shape index (κ3) is 3.10. The molecule has 0 amide bonds. The maximum absolute atomic E-state index is 12.2. The first-order chi connectivity index (χ1) is 8.99. The van der Waals surface area contributed by atoms with Gasteiger partial charge in [-0.05, 0) is 24.3 Å². The van der Waals surface area contributed by atoms with E-state index in [0.29, 0.717) is 10.6 Å². The average Bonchev–Trinajstić information content (AvgIpc) is 2.72. The Morgan fingerprint density at radius 2 is 2.05 bits per heavy atom. The average molecular weight is 343 g/mol. The van der Waals surface area contributed by atoms with E-state index in [0.717, 1.165) is 4.47 Å². The zero-order valence-corrected chi connectivity index (χ0v) is 12.4. The van der Waals surface area contributed by atoms with Gasteiger partial charge in [0.25, 0.3) is 0 Å². The fourth-order valence-corrected chi connectivity index (χ4v) is 3.07. The van der Waals surface area contributed by atoms with Crippen LogP contribution in [-0.2, 0) is 23.6 Å². The zero-order chi connectivity index (χ0) is 14.0. The van der Waals surface area contributed by atoms with E-state index in [-0.39, 0.29) is 11.3 Å². The number of aromatic nitrogens is 2. The van der Waals surface area contributed by atoms with Crippen molar-refractivity contribution in [2.45, 2.75) is 10.6 Å². The second-order valence-corrected chi connectivity index (χ2v) is 6.24. The molecule has 0 aliphatic heterocycles. The van der Waals surface area contributed by atoms with Crippen molar-refractivity contribution in [3.05, 3.63) is 46.2 Å². The van der Waals surface area contributed by atoms with Gasteiger partial charge in [-0.15, -0.1) is 0 Å². The van der Waals surface area contributed by atoms with Gasteiger partial charge in [0.2, 0.25) is 0 Å². The molecule has 7 heteroatoms. The lowest BCUT2D eigenvalue weighted by Crippen LogP contribution is -2.08. The summed E-state index contributed by atoms with van der Waals surface area (Å²) in [4.78, 5) is 11.7. The molecule has 1 N–H and O–H groups in total. The number of aryl methyl sites for hydroxylation is 1. The van der Waals surface area contributed by atoms with E-state index in [1.54, 1.807) is 31.3 Å². The van der Waals surface area contributed by atoms with Gasteiger partial charge in [-0.3, -0.25) is 8.89 Å². The topological polar surface area (TPSA) is 72.2 Å². The van der Waals surface area contributed by atoms with Crippen LogP contribution in [0.3, 0.4) is 0 Å². The molecule has 0 saturated heterocycles. The number of hydrogen-bond donors (Lipinski definition) is 1. The highest BCUT2D eigenvalue weighted by Crippen LogP contribution is 2.18. The number of aromatic carboxylic acids is 1. The van der Waals surface area contributed by atoms with Gasteiger partial charge in [-0.1, -0.05) is 15.9 Å². The van der Waals surface area contributed by atoms with Crippen LogP contribution in [0.5, 0.6) is 0 Å². The monoisotopic (exact) mass is 342 g/mol. The van der Waals surface area contributed by atoms with Crippen LogP contribution in [-0.4, -0.2) is 25.1 Å². The van der Waals surface area contributed by atoms with Crippen LogP contribution in [0.15, 0.2) is 39.8 Å². The van der Waals surface area contributed by atoms with E-state index >= 15 is 0 Å². The molecule has 1 heterocycles. The Morgan fingerprint density at radius 1 is 1.42 bits per heavy atom. The number of benzene rings is 1. The van der Waals surface area contributed by atoms with Crippen LogP contribution in [0.2, 0.25) is 0 Å². The molecule has 0 bridgehead atoms. The van der Waals surface area contributed by atoms with Crippen molar-refractivity contribution in [1.82, 2.24) is 9.78 Å². The third-order valence-corrected chi connectivity index (χ3v) is 4.50. The molecule has 1 unspecified atom stereocenters. The van der Waals surface area contributed by atoms with Crippen LogP contribution in [0.25, 0.3) is 0 Å². The second kappa shape index (κ2) is 5.66. The lowest BCUT2D eigenvalue weighted by atomic mass is 10.3. The van der Waals surface area contributed by atoms with Crippen LogP contribution >= 0.6 is 15.9 Å². The summed E-state index contributed by atoms with van der Waals surface area (Å²) in [5.74, 6) is -0.935.